The molecule has 1 fully saturated rings. The Kier molecular flexibility index (Phi) is 5.03. The Labute approximate surface area is 137 Å². The lowest BCUT2D eigenvalue weighted by molar-refractivity contribution is -0.153. The smallest absolute Gasteiger partial charge is 0.422 e. The van der Waals surface area contributed by atoms with Gasteiger partial charge in [-0.1, -0.05) is 5.21 Å². The third-order valence-electron chi connectivity index (χ3n) is 3.76. The van der Waals surface area contributed by atoms with Crippen molar-refractivity contribution < 1.29 is 22.6 Å². The predicted molar refractivity (Wildman–Crippen MR) is 80.6 cm³/mol. The number of aromatic nitrogens is 3. The molecule has 1 aliphatic heterocycles. The second-order valence-electron chi connectivity index (χ2n) is 5.74. The van der Waals surface area contributed by atoms with Crippen molar-refractivity contribution in [3.05, 3.63) is 30.5 Å². The molecule has 0 unspecified atom stereocenters. The van der Waals surface area contributed by atoms with Crippen LogP contribution in [-0.4, -0.2) is 40.5 Å². The van der Waals surface area contributed by atoms with Crippen molar-refractivity contribution in [2.24, 2.45) is 0 Å². The minimum Gasteiger partial charge on any atom is -0.484 e. The largest absolute Gasteiger partial charge is 0.484 e. The van der Waals surface area contributed by atoms with Gasteiger partial charge < -0.3 is 9.47 Å². The first-order valence-electron chi connectivity index (χ1n) is 7.81. The Morgan fingerprint density at radius 3 is 2.67 bits per heavy atom. The van der Waals surface area contributed by atoms with Crippen LogP contribution in [0.4, 0.5) is 13.2 Å². The first-order chi connectivity index (χ1) is 11.5. The average Bonchev–Trinajstić information content (AvgIpc) is 3.02. The molecule has 1 aliphatic rings. The van der Waals surface area contributed by atoms with Gasteiger partial charge in [-0.3, -0.25) is 0 Å². The van der Waals surface area contributed by atoms with Crippen LogP contribution >= 0.6 is 0 Å². The van der Waals surface area contributed by atoms with Crippen molar-refractivity contribution in [1.29, 1.82) is 0 Å². The van der Waals surface area contributed by atoms with E-state index < -0.39 is 12.8 Å². The first kappa shape index (κ1) is 16.8. The molecule has 0 spiro atoms. The maximum absolute atomic E-state index is 12.1. The van der Waals surface area contributed by atoms with Gasteiger partial charge in [0.05, 0.1) is 18.8 Å². The van der Waals surface area contributed by atoms with Gasteiger partial charge in [-0.05, 0) is 43.5 Å². The molecule has 0 radical (unpaired) electrons. The highest BCUT2D eigenvalue weighted by Gasteiger charge is 2.28. The third kappa shape index (κ3) is 4.70. The van der Waals surface area contributed by atoms with E-state index in [1.807, 2.05) is 6.20 Å². The summed E-state index contributed by atoms with van der Waals surface area (Å²) in [6.45, 7) is 0.134. The zero-order chi connectivity index (χ0) is 17.0. The Hall–Kier alpha value is -2.09. The summed E-state index contributed by atoms with van der Waals surface area (Å²) < 4.78 is 48.5. The highest BCUT2D eigenvalue weighted by molar-refractivity contribution is 5.58. The normalized spacial score (nSPS) is 18.5. The van der Waals surface area contributed by atoms with E-state index in [1.54, 1.807) is 16.8 Å². The molecule has 2 aromatic rings. The van der Waals surface area contributed by atoms with Crippen LogP contribution in [0.2, 0.25) is 0 Å². The molecule has 5 nitrogen and oxygen atoms in total. The van der Waals surface area contributed by atoms with Crippen molar-refractivity contribution >= 4 is 0 Å². The van der Waals surface area contributed by atoms with Crippen LogP contribution in [0.1, 0.15) is 19.3 Å². The monoisotopic (exact) mass is 341 g/mol. The Balaban J connectivity index is 1.60. The molecule has 0 aliphatic carbocycles. The molecule has 2 heterocycles. The van der Waals surface area contributed by atoms with Crippen LogP contribution in [0.15, 0.2) is 30.5 Å². The number of hydrogen-bond donors (Lipinski definition) is 0. The average molecular weight is 341 g/mol. The van der Waals surface area contributed by atoms with Gasteiger partial charge in [0.15, 0.2) is 6.61 Å². The summed E-state index contributed by atoms with van der Waals surface area (Å²) >= 11 is 0. The number of halogens is 3. The molecular formula is C16H18F3N3O2. The van der Waals surface area contributed by atoms with E-state index in [0.29, 0.717) is 12.2 Å². The minimum absolute atomic E-state index is 0.159. The summed E-state index contributed by atoms with van der Waals surface area (Å²) in [5.41, 5.74) is 1.43. The molecular weight excluding hydrogens is 323 g/mol. The highest BCUT2D eigenvalue weighted by Crippen LogP contribution is 2.23. The maximum atomic E-state index is 12.1. The van der Waals surface area contributed by atoms with E-state index >= 15 is 0 Å². The van der Waals surface area contributed by atoms with Gasteiger partial charge in [0.1, 0.15) is 11.4 Å². The molecule has 0 bridgehead atoms. The Morgan fingerprint density at radius 1 is 1.21 bits per heavy atom. The standard InChI is InChI=1S/C16H18F3N3O2/c17-16(18,19)11-24-13-6-4-12(5-7-13)15-10-22(21-20-15)9-14-3-1-2-8-23-14/h4-7,10,14H,1-3,8-9,11H2/t14-/m1/s1. The number of hydrogen-bond acceptors (Lipinski definition) is 4. The Morgan fingerprint density at radius 2 is 2.00 bits per heavy atom. The summed E-state index contributed by atoms with van der Waals surface area (Å²) in [4.78, 5) is 0. The lowest BCUT2D eigenvalue weighted by Gasteiger charge is -2.21. The van der Waals surface area contributed by atoms with Gasteiger partial charge in [0.25, 0.3) is 0 Å². The molecule has 0 saturated carbocycles. The lowest BCUT2D eigenvalue weighted by Crippen LogP contribution is -2.24. The van der Waals surface area contributed by atoms with E-state index in [-0.39, 0.29) is 11.9 Å². The van der Waals surface area contributed by atoms with E-state index in [2.05, 4.69) is 15.0 Å². The first-order valence-corrected chi connectivity index (χ1v) is 7.81. The van der Waals surface area contributed by atoms with Crippen LogP contribution in [0, 0.1) is 0 Å². The zero-order valence-corrected chi connectivity index (χ0v) is 13.0. The third-order valence-corrected chi connectivity index (χ3v) is 3.76. The van der Waals surface area contributed by atoms with Crippen LogP contribution < -0.4 is 4.74 Å². The predicted octanol–water partition coefficient (Wildman–Crippen LogP) is 3.46. The molecule has 1 aromatic heterocycles. The number of nitrogens with zero attached hydrogens (tertiary/aromatic N) is 3. The van der Waals surface area contributed by atoms with Crippen molar-refractivity contribution in [1.82, 2.24) is 15.0 Å². The summed E-state index contributed by atoms with van der Waals surface area (Å²) in [5.74, 6) is 0.166. The zero-order valence-electron chi connectivity index (χ0n) is 13.0. The van der Waals surface area contributed by atoms with Gasteiger partial charge >= 0.3 is 6.18 Å². The van der Waals surface area contributed by atoms with E-state index in [1.165, 1.54) is 12.1 Å². The fraction of sp³-hybridized carbons (Fsp3) is 0.500. The molecule has 1 atom stereocenters. The van der Waals surface area contributed by atoms with Gasteiger partial charge in [0.2, 0.25) is 0 Å². The summed E-state index contributed by atoms with van der Waals surface area (Å²) in [7, 11) is 0. The van der Waals surface area contributed by atoms with E-state index in [0.717, 1.165) is 31.4 Å². The molecule has 8 heteroatoms. The van der Waals surface area contributed by atoms with E-state index in [4.69, 9.17) is 4.74 Å². The van der Waals surface area contributed by atoms with Gasteiger partial charge in [0, 0.05) is 12.2 Å². The SMILES string of the molecule is FC(F)(F)COc1ccc(-c2cn(C[C@H]3CCCCO3)nn2)cc1. The molecule has 1 saturated heterocycles. The maximum Gasteiger partial charge on any atom is 0.422 e. The second-order valence-corrected chi connectivity index (χ2v) is 5.74. The molecule has 3 rings (SSSR count). The molecule has 130 valence electrons. The molecule has 24 heavy (non-hydrogen) atoms. The van der Waals surface area contributed by atoms with Gasteiger partial charge in [-0.25, -0.2) is 4.68 Å². The number of alkyl halides is 3. The van der Waals surface area contributed by atoms with Crippen molar-refractivity contribution in [2.75, 3.05) is 13.2 Å². The van der Waals surface area contributed by atoms with Gasteiger partial charge in [-0.15, -0.1) is 5.10 Å². The fourth-order valence-electron chi connectivity index (χ4n) is 2.57. The quantitative estimate of drug-likeness (QED) is 0.836. The van der Waals surface area contributed by atoms with Crippen LogP contribution in [-0.2, 0) is 11.3 Å². The minimum atomic E-state index is -4.34. The number of benzene rings is 1. The van der Waals surface area contributed by atoms with Crippen LogP contribution in [0.25, 0.3) is 11.3 Å². The topological polar surface area (TPSA) is 49.2 Å². The number of ether oxygens (including phenoxy) is 2. The summed E-state index contributed by atoms with van der Waals surface area (Å²) in [5, 5.41) is 8.19. The summed E-state index contributed by atoms with van der Waals surface area (Å²) in [6, 6.07) is 6.31. The molecule has 1 aromatic carbocycles. The van der Waals surface area contributed by atoms with E-state index in [9.17, 15) is 13.2 Å². The van der Waals surface area contributed by atoms with Crippen molar-refractivity contribution in [2.45, 2.75) is 38.1 Å². The highest BCUT2D eigenvalue weighted by atomic mass is 19.4. The second kappa shape index (κ2) is 7.21. The van der Waals surface area contributed by atoms with Gasteiger partial charge in [-0.2, -0.15) is 13.2 Å². The van der Waals surface area contributed by atoms with Crippen LogP contribution in [0.3, 0.4) is 0 Å². The van der Waals surface area contributed by atoms with Crippen molar-refractivity contribution in [3.63, 3.8) is 0 Å². The fourth-order valence-corrected chi connectivity index (χ4v) is 2.57. The Bertz CT molecular complexity index is 649. The molecule has 0 amide bonds. The summed E-state index contributed by atoms with van der Waals surface area (Å²) in [6.07, 6.45) is 0.895. The molecule has 0 N–H and O–H groups in total. The lowest BCUT2D eigenvalue weighted by atomic mass is 10.1. The van der Waals surface area contributed by atoms with Crippen LogP contribution in [0.5, 0.6) is 5.75 Å². The number of rotatable bonds is 5. The van der Waals surface area contributed by atoms with Crippen molar-refractivity contribution in [3.8, 4) is 17.0 Å².